The highest BCUT2D eigenvalue weighted by Crippen LogP contribution is 2.63. The molecule has 4 aromatic rings. The highest BCUT2D eigenvalue weighted by atomic mass is 16.3. The van der Waals surface area contributed by atoms with E-state index < -0.39 is 0 Å². The van der Waals surface area contributed by atoms with Gasteiger partial charge in [-0.05, 0) is 68.6 Å². The first-order valence-electron chi connectivity index (χ1n) is 10.7. The Bertz CT molecular complexity index is 1170. The number of aromatic nitrogens is 7. The predicted molar refractivity (Wildman–Crippen MR) is 108 cm³/mol. The molecule has 0 amide bonds. The quantitative estimate of drug-likeness (QED) is 0.561. The molecule has 8 heteroatoms. The van der Waals surface area contributed by atoms with Gasteiger partial charge in [0.1, 0.15) is 18.3 Å². The van der Waals surface area contributed by atoms with Gasteiger partial charge in [0.25, 0.3) is 0 Å². The number of nitrogens with zero attached hydrogens (tertiary/aromatic N) is 6. The highest BCUT2D eigenvalue weighted by molar-refractivity contribution is 5.58. The lowest BCUT2D eigenvalue weighted by Crippen LogP contribution is -2.60. The fraction of sp³-hybridized carbons (Fsp3) is 0.455. The zero-order valence-electron chi connectivity index (χ0n) is 16.6. The van der Waals surface area contributed by atoms with E-state index in [4.69, 9.17) is 9.40 Å². The van der Waals surface area contributed by atoms with Crippen molar-refractivity contribution < 1.29 is 4.42 Å². The van der Waals surface area contributed by atoms with Crippen LogP contribution >= 0.6 is 0 Å². The summed E-state index contributed by atoms with van der Waals surface area (Å²) in [5.41, 5.74) is 1.01. The van der Waals surface area contributed by atoms with E-state index in [0.29, 0.717) is 0 Å². The van der Waals surface area contributed by atoms with Crippen molar-refractivity contribution in [3.63, 3.8) is 0 Å². The third-order valence-electron chi connectivity index (χ3n) is 7.65. The maximum atomic E-state index is 6.19. The van der Waals surface area contributed by atoms with E-state index in [0.717, 1.165) is 41.3 Å². The molecule has 0 radical (unpaired) electrons. The normalized spacial score (nSPS) is 32.1. The number of aromatic amines is 1. The van der Waals surface area contributed by atoms with Crippen LogP contribution in [0.3, 0.4) is 0 Å². The van der Waals surface area contributed by atoms with Crippen molar-refractivity contribution in [2.75, 3.05) is 0 Å². The van der Waals surface area contributed by atoms with E-state index in [-0.39, 0.29) is 11.1 Å². The van der Waals surface area contributed by atoms with Crippen LogP contribution in [0, 0.1) is 11.8 Å². The van der Waals surface area contributed by atoms with Crippen LogP contribution in [0.25, 0.3) is 23.0 Å². The van der Waals surface area contributed by atoms with Crippen molar-refractivity contribution in [3.05, 3.63) is 49.4 Å². The van der Waals surface area contributed by atoms with Crippen LogP contribution in [-0.4, -0.2) is 34.5 Å². The Balaban J connectivity index is 1.32. The second-order valence-electron chi connectivity index (χ2n) is 9.50. The molecule has 4 bridgehead atoms. The van der Waals surface area contributed by atoms with Crippen LogP contribution in [0.15, 0.2) is 53.9 Å². The van der Waals surface area contributed by atoms with Gasteiger partial charge in [-0.25, -0.2) is 14.6 Å². The lowest BCUT2D eigenvalue weighted by atomic mass is 9.49. The zero-order chi connectivity index (χ0) is 19.8. The summed E-state index contributed by atoms with van der Waals surface area (Å²) < 4.78 is 10.8. The van der Waals surface area contributed by atoms with Crippen LogP contribution in [0.5, 0.6) is 0 Å². The molecule has 8 nitrogen and oxygen atoms in total. The van der Waals surface area contributed by atoms with Gasteiger partial charge in [0.15, 0.2) is 17.3 Å². The molecular weight excluding hydrogens is 378 g/mol. The molecule has 0 aliphatic heterocycles. The van der Waals surface area contributed by atoms with Crippen molar-refractivity contribution in [3.8, 4) is 23.0 Å². The smallest absolute Gasteiger partial charge is 0.176 e. The molecular formula is C22H23N7O. The fourth-order valence-electron chi connectivity index (χ4n) is 7.03. The van der Waals surface area contributed by atoms with Gasteiger partial charge in [-0.1, -0.05) is 0 Å². The molecule has 4 saturated carbocycles. The molecule has 4 fully saturated rings. The molecule has 152 valence electrons. The van der Waals surface area contributed by atoms with Crippen molar-refractivity contribution in [1.29, 1.82) is 0 Å². The molecule has 4 aliphatic rings. The summed E-state index contributed by atoms with van der Waals surface area (Å²) in [7, 11) is 0. The molecule has 0 saturated heterocycles. The third kappa shape index (κ3) is 2.21. The third-order valence-corrected chi connectivity index (χ3v) is 7.65. The second-order valence-corrected chi connectivity index (χ2v) is 9.50. The van der Waals surface area contributed by atoms with Gasteiger partial charge >= 0.3 is 0 Å². The fourth-order valence-corrected chi connectivity index (χ4v) is 7.03. The van der Waals surface area contributed by atoms with Gasteiger partial charge in [0.2, 0.25) is 0 Å². The van der Waals surface area contributed by atoms with E-state index in [1.807, 2.05) is 30.7 Å². The van der Waals surface area contributed by atoms with Crippen LogP contribution < -0.4 is 0 Å². The number of nitrogens with one attached hydrogen (secondary N) is 1. The van der Waals surface area contributed by atoms with E-state index in [1.54, 1.807) is 12.5 Å². The van der Waals surface area contributed by atoms with Crippen LogP contribution in [0.1, 0.15) is 38.5 Å². The lowest BCUT2D eigenvalue weighted by Gasteiger charge is -2.62. The Kier molecular flexibility index (Phi) is 3.16. The molecule has 8 rings (SSSR count). The number of furan rings is 1. The van der Waals surface area contributed by atoms with Gasteiger partial charge < -0.3 is 8.98 Å². The van der Waals surface area contributed by atoms with Crippen LogP contribution in [0.2, 0.25) is 0 Å². The van der Waals surface area contributed by atoms with Crippen molar-refractivity contribution in [1.82, 2.24) is 34.5 Å². The highest BCUT2D eigenvalue weighted by Gasteiger charge is 2.60. The van der Waals surface area contributed by atoms with Gasteiger partial charge in [-0.2, -0.15) is 10.2 Å². The average Bonchev–Trinajstić information content (AvgIpc) is 3.55. The molecule has 1 N–H and O–H groups in total. The molecule has 4 heterocycles. The average molecular weight is 401 g/mol. The molecule has 30 heavy (non-hydrogen) atoms. The first-order valence-corrected chi connectivity index (χ1v) is 10.7. The second kappa shape index (κ2) is 5.71. The number of hydrogen-bond acceptors (Lipinski definition) is 5. The van der Waals surface area contributed by atoms with Crippen molar-refractivity contribution in [2.24, 2.45) is 11.8 Å². The molecule has 2 unspecified atom stereocenters. The minimum atomic E-state index is 0.0583. The molecule has 4 aliphatic carbocycles. The summed E-state index contributed by atoms with van der Waals surface area (Å²) in [6.45, 7) is 0. The summed E-state index contributed by atoms with van der Waals surface area (Å²) in [5.74, 6) is 3.94. The predicted octanol–water partition coefficient (Wildman–Crippen LogP) is 3.83. The van der Waals surface area contributed by atoms with Gasteiger partial charge in [0.05, 0.1) is 5.54 Å². The Labute approximate surface area is 173 Å². The summed E-state index contributed by atoms with van der Waals surface area (Å²) in [6, 6.07) is 5.91. The van der Waals surface area contributed by atoms with Crippen LogP contribution in [0.4, 0.5) is 0 Å². The lowest BCUT2D eigenvalue weighted by molar-refractivity contribution is -0.0969. The maximum Gasteiger partial charge on any atom is 0.176 e. The summed E-state index contributed by atoms with van der Waals surface area (Å²) >= 11 is 0. The Hall–Kier alpha value is -3.16. The largest absolute Gasteiger partial charge is 0.451 e. The molecule has 0 aromatic carbocycles. The summed E-state index contributed by atoms with van der Waals surface area (Å²) in [4.78, 5) is 9.00. The summed E-state index contributed by atoms with van der Waals surface area (Å²) in [5, 5.41) is 11.6. The van der Waals surface area contributed by atoms with E-state index in [9.17, 15) is 0 Å². The molecule has 4 aromatic heterocycles. The van der Waals surface area contributed by atoms with E-state index >= 15 is 0 Å². The first kappa shape index (κ1) is 16.6. The van der Waals surface area contributed by atoms with E-state index in [1.165, 1.54) is 32.1 Å². The number of imidazole rings is 1. The van der Waals surface area contributed by atoms with E-state index in [2.05, 4.69) is 35.7 Å². The minimum Gasteiger partial charge on any atom is -0.451 e. The molecule has 2 atom stereocenters. The Morgan fingerprint density at radius 3 is 2.60 bits per heavy atom. The van der Waals surface area contributed by atoms with Crippen molar-refractivity contribution in [2.45, 2.75) is 49.6 Å². The van der Waals surface area contributed by atoms with Gasteiger partial charge in [0, 0.05) is 24.1 Å². The Morgan fingerprint density at radius 2 is 1.83 bits per heavy atom. The van der Waals surface area contributed by atoms with Crippen molar-refractivity contribution >= 4 is 0 Å². The monoisotopic (exact) mass is 401 g/mol. The number of H-pyrrole nitrogens is 1. The standard InChI is InChI=1S/C22H23N7O/c1-2-19(30-18(1)17-3-4-25-27-17)20-24-5-6-28(20)21-8-15-7-16(9-21)11-22(10-15,12-21)29-14-23-13-26-29/h1-6,13-16H,7-12H2,(H,25,27). The van der Waals surface area contributed by atoms with Crippen LogP contribution in [-0.2, 0) is 11.1 Å². The maximum absolute atomic E-state index is 6.19. The van der Waals surface area contributed by atoms with Gasteiger partial charge in [-0.3, -0.25) is 5.10 Å². The number of rotatable bonds is 4. The SMILES string of the molecule is c1cc(-c2ccc(-c3nccn3C34CC5CC(CC(n6cncn6)(C5)C3)C4)o2)[nH]n1. The summed E-state index contributed by atoms with van der Waals surface area (Å²) in [6.07, 6.45) is 16.6. The minimum absolute atomic E-state index is 0.0583. The Morgan fingerprint density at radius 1 is 1.00 bits per heavy atom. The van der Waals surface area contributed by atoms with Gasteiger partial charge in [-0.15, -0.1) is 0 Å². The number of hydrogen-bond donors (Lipinski definition) is 1. The topological polar surface area (TPSA) is 90.4 Å². The zero-order valence-corrected chi connectivity index (χ0v) is 16.6. The first-order chi connectivity index (χ1) is 14.7. The molecule has 0 spiro atoms.